The van der Waals surface area contributed by atoms with Crippen LogP contribution in [0.2, 0.25) is 5.04 Å². The van der Waals surface area contributed by atoms with Gasteiger partial charge in [0.05, 0.1) is 0 Å². The molecule has 0 radical (unpaired) electrons. The molecule has 0 saturated carbocycles. The van der Waals surface area contributed by atoms with Gasteiger partial charge in [0, 0.05) is 17.7 Å². The van der Waals surface area contributed by atoms with Crippen molar-refractivity contribution in [3.63, 3.8) is 0 Å². The van der Waals surface area contributed by atoms with Crippen molar-refractivity contribution in [3.8, 4) is 17.2 Å². The minimum atomic E-state index is -6.38. The Kier molecular flexibility index (Phi) is 9.39. The molecule has 0 amide bonds. The summed E-state index contributed by atoms with van der Waals surface area (Å²) < 4.78 is 143. The largest absolute Gasteiger partial charge is 0.534 e. The highest BCUT2D eigenvalue weighted by Crippen LogP contribution is 2.43. The fourth-order valence-electron chi connectivity index (χ4n) is 4.31. The molecule has 3 aromatic carbocycles. The van der Waals surface area contributed by atoms with Gasteiger partial charge in [0.2, 0.25) is 0 Å². The van der Waals surface area contributed by atoms with Crippen LogP contribution in [0.5, 0.6) is 17.2 Å². The Morgan fingerprint density at radius 2 is 1.09 bits per heavy atom. The van der Waals surface area contributed by atoms with Gasteiger partial charge in [0.25, 0.3) is 0 Å². The Morgan fingerprint density at radius 3 is 1.40 bits per heavy atom. The molecule has 16 heteroatoms. The van der Waals surface area contributed by atoms with Crippen LogP contribution in [0.15, 0.2) is 85.5 Å². The van der Waals surface area contributed by atoms with Crippen LogP contribution in [0.3, 0.4) is 0 Å². The summed E-state index contributed by atoms with van der Waals surface area (Å²) in [5, 5.41) is 0.465. The van der Waals surface area contributed by atoms with E-state index in [0.717, 1.165) is 18.2 Å². The maximum Gasteiger partial charge on any atom is 0.534 e. The van der Waals surface area contributed by atoms with Crippen LogP contribution in [0.4, 0.5) is 26.3 Å². The molecule has 0 saturated heterocycles. The van der Waals surface area contributed by atoms with E-state index in [0.29, 0.717) is 10.4 Å². The summed E-state index contributed by atoms with van der Waals surface area (Å²) >= 11 is 0. The summed E-state index contributed by atoms with van der Waals surface area (Å²) in [4.78, 5) is 0. The molecule has 234 valence electrons. The first kappa shape index (κ1) is 34.0. The van der Waals surface area contributed by atoms with Gasteiger partial charge in [-0.1, -0.05) is 87.5 Å². The van der Waals surface area contributed by atoms with E-state index in [4.69, 9.17) is 4.43 Å². The van der Waals surface area contributed by atoms with Gasteiger partial charge in [-0.25, -0.2) is 0 Å². The highest BCUT2D eigenvalue weighted by atomic mass is 32.2. The predicted octanol–water partition coefficient (Wildman–Crippen LogP) is 5.81. The van der Waals surface area contributed by atoms with E-state index in [2.05, 4.69) is 14.9 Å². The average molecular weight is 669 g/mol. The average Bonchev–Trinajstić information content (AvgIpc) is 2.88. The zero-order chi connectivity index (χ0) is 32.5. The molecule has 0 spiro atoms. The summed E-state index contributed by atoms with van der Waals surface area (Å²) in [5.74, 6) is -2.85. The molecule has 3 aromatic rings. The molecule has 0 fully saturated rings. The summed E-state index contributed by atoms with van der Waals surface area (Å²) in [7, 11) is -16.4. The monoisotopic (exact) mass is 668 g/mol. The number of benzene rings is 3. The number of rotatable bonds is 10. The zero-order valence-electron chi connectivity index (χ0n) is 22.9. The molecule has 0 bridgehead atoms. The van der Waals surface area contributed by atoms with Crippen LogP contribution >= 0.6 is 0 Å². The van der Waals surface area contributed by atoms with Crippen molar-refractivity contribution >= 4 is 38.9 Å². The third-order valence-corrected chi connectivity index (χ3v) is 13.0. The summed E-state index contributed by atoms with van der Waals surface area (Å²) in [6, 6.07) is 18.7. The number of hydrogen-bond acceptors (Lipinski definition) is 7. The Balaban J connectivity index is 2.42. The number of allylic oxidation sites excluding steroid dienone is 1. The molecular weight excluding hydrogens is 642 g/mol. The molecule has 0 heterocycles. The van der Waals surface area contributed by atoms with Gasteiger partial charge >= 0.3 is 39.6 Å². The van der Waals surface area contributed by atoms with Gasteiger partial charge in [-0.2, -0.15) is 43.2 Å². The highest BCUT2D eigenvalue weighted by Gasteiger charge is 2.53. The second-order valence-electron chi connectivity index (χ2n) is 10.1. The van der Waals surface area contributed by atoms with E-state index >= 15 is 0 Å². The lowest BCUT2D eigenvalue weighted by atomic mass is 10.1. The van der Waals surface area contributed by atoms with Crippen LogP contribution in [0.25, 0.3) is 0 Å². The first-order chi connectivity index (χ1) is 19.7. The van der Waals surface area contributed by atoms with Gasteiger partial charge in [-0.15, -0.1) is 6.58 Å². The first-order valence-electron chi connectivity index (χ1n) is 12.3. The fraction of sp³-hybridized carbons (Fsp3) is 0.259. The Labute approximate surface area is 246 Å². The lowest BCUT2D eigenvalue weighted by Gasteiger charge is -2.43. The van der Waals surface area contributed by atoms with Gasteiger partial charge in [0.15, 0.2) is 11.5 Å². The van der Waals surface area contributed by atoms with E-state index in [1.54, 1.807) is 60.7 Å². The fourth-order valence-corrected chi connectivity index (χ4v) is 9.67. The van der Waals surface area contributed by atoms with Crippen LogP contribution in [0.1, 0.15) is 26.3 Å². The minimum Gasteiger partial charge on any atom is -0.534 e. The predicted molar refractivity (Wildman–Crippen MR) is 150 cm³/mol. The van der Waals surface area contributed by atoms with Gasteiger partial charge in [0.1, 0.15) is 5.75 Å². The molecule has 0 aliphatic heterocycles. The van der Waals surface area contributed by atoms with Gasteiger partial charge < -0.3 is 12.8 Å². The summed E-state index contributed by atoms with van der Waals surface area (Å²) in [5.41, 5.74) is -12.6. The lowest BCUT2D eigenvalue weighted by Crippen LogP contribution is -2.68. The molecule has 0 unspecified atom stereocenters. The number of halogens is 6. The number of hydrogen-bond donors (Lipinski definition) is 0. The second-order valence-corrected chi connectivity index (χ2v) is 17.4. The maximum atomic E-state index is 13.3. The third-order valence-electron chi connectivity index (χ3n) is 6.14. The molecule has 0 aromatic heterocycles. The number of alkyl halides is 6. The van der Waals surface area contributed by atoms with Crippen molar-refractivity contribution in [3.05, 3.63) is 91.0 Å². The molecule has 7 nitrogen and oxygen atoms in total. The summed E-state index contributed by atoms with van der Waals surface area (Å²) in [6.07, 6.45) is 0.322. The first-order valence-corrected chi connectivity index (χ1v) is 17.0. The van der Waals surface area contributed by atoms with Crippen LogP contribution in [-0.4, -0.2) is 36.2 Å². The molecule has 0 aliphatic carbocycles. The van der Waals surface area contributed by atoms with E-state index < -0.39 is 73.8 Å². The lowest BCUT2D eigenvalue weighted by molar-refractivity contribution is -0.0502. The van der Waals surface area contributed by atoms with Crippen LogP contribution in [-0.2, 0) is 26.7 Å². The van der Waals surface area contributed by atoms with Crippen LogP contribution in [0, 0.1) is 0 Å². The smallest absolute Gasteiger partial charge is 0.534 e. The Bertz CT molecular complexity index is 1560. The molecule has 43 heavy (non-hydrogen) atoms. The van der Waals surface area contributed by atoms with Gasteiger partial charge in [-0.05, 0) is 21.8 Å². The molecule has 3 rings (SSSR count). The SMILES string of the molecule is C=CCc1c(OS(=O)(=O)C(F)(F)F)cc(O[Si](c2ccccc2)(c2ccccc2)C(C)(C)C)cc1OS(=O)(=O)C(F)(F)F. The van der Waals surface area contributed by atoms with Crippen molar-refractivity contribution in [1.29, 1.82) is 0 Å². The highest BCUT2D eigenvalue weighted by molar-refractivity contribution is 7.88. The quantitative estimate of drug-likeness (QED) is 0.0885. The Morgan fingerprint density at radius 1 is 0.721 bits per heavy atom. The topological polar surface area (TPSA) is 96.0 Å². The minimum absolute atomic E-state index is 0.512. The normalized spacial score (nSPS) is 13.3. The molecule has 0 N–H and O–H groups in total. The zero-order valence-corrected chi connectivity index (χ0v) is 25.5. The second kappa shape index (κ2) is 11.9. The molecule has 0 aliphatic rings. The van der Waals surface area contributed by atoms with Crippen LogP contribution < -0.4 is 23.2 Å². The van der Waals surface area contributed by atoms with Crippen molar-refractivity contribution in [2.75, 3.05) is 0 Å². The van der Waals surface area contributed by atoms with Crippen molar-refractivity contribution in [2.24, 2.45) is 0 Å². The van der Waals surface area contributed by atoms with E-state index in [-0.39, 0.29) is 0 Å². The van der Waals surface area contributed by atoms with Crippen molar-refractivity contribution < 1.29 is 56.0 Å². The third kappa shape index (κ3) is 7.02. The van der Waals surface area contributed by atoms with E-state index in [1.165, 1.54) is 0 Å². The van der Waals surface area contributed by atoms with E-state index in [1.807, 2.05) is 20.8 Å². The molecular formula is C27H26F6O7S2Si. The van der Waals surface area contributed by atoms with Gasteiger partial charge in [-0.3, -0.25) is 0 Å². The summed E-state index contributed by atoms with van der Waals surface area (Å²) in [6.45, 7) is 8.77. The van der Waals surface area contributed by atoms with E-state index in [9.17, 15) is 43.2 Å². The maximum absolute atomic E-state index is 13.3. The Hall–Kier alpha value is -3.50. The standard InChI is InChI=1S/C27H26F6O7S2Si/c1-5-12-22-23(38-41(34,35)26(28,29)30)17-19(18-24(22)39-42(36,37)27(31,32)33)40-43(25(2,3)4,20-13-8-6-9-14-20)21-15-10-7-11-16-21/h5-11,13-18H,1,12H2,2-4H3. The van der Waals surface area contributed by atoms with Crippen molar-refractivity contribution in [2.45, 2.75) is 43.2 Å². The van der Waals surface area contributed by atoms with Crippen molar-refractivity contribution in [1.82, 2.24) is 0 Å². The molecule has 0 atom stereocenters.